The smallest absolute Gasteiger partial charge is 0.234 e. The van der Waals surface area contributed by atoms with E-state index < -0.39 is 10.0 Å². The number of hydrogen-bond acceptors (Lipinski definition) is 4. The van der Waals surface area contributed by atoms with Crippen LogP contribution in [0.15, 0.2) is 24.3 Å². The van der Waals surface area contributed by atoms with Gasteiger partial charge in [0.05, 0.1) is 12.4 Å². The fraction of sp³-hybridized carbons (Fsp3) is 0.300. The quantitative estimate of drug-likeness (QED) is 0.747. The molecular weight excluding hydrogens is 260 g/mol. The van der Waals surface area contributed by atoms with E-state index in [9.17, 15) is 8.42 Å². The Balaban J connectivity index is 2.81. The van der Waals surface area contributed by atoms with Gasteiger partial charge in [-0.1, -0.05) is 24.4 Å². The number of nitrogens with one attached hydrogen (secondary N) is 1. The normalized spacial score (nSPS) is 11.1. The van der Waals surface area contributed by atoms with Crippen molar-refractivity contribution in [1.29, 1.82) is 0 Å². The van der Waals surface area contributed by atoms with E-state index in [1.807, 2.05) is 0 Å². The molecule has 1 aromatic carbocycles. The molecule has 1 aromatic rings. The van der Waals surface area contributed by atoms with E-state index in [-0.39, 0.29) is 17.3 Å². The zero-order valence-electron chi connectivity index (χ0n) is 9.34. The molecule has 0 atom stereocenters. The van der Waals surface area contributed by atoms with E-state index in [4.69, 9.17) is 22.7 Å². The fourth-order valence-electron chi connectivity index (χ4n) is 1.16. The topological polar surface area (TPSA) is 81.4 Å². The number of thiocarbonyl (C=S) groups is 1. The van der Waals surface area contributed by atoms with Crippen molar-refractivity contribution in [3.63, 3.8) is 0 Å². The Hall–Kier alpha value is -1.18. The molecule has 94 valence electrons. The summed E-state index contributed by atoms with van der Waals surface area (Å²) in [6.07, 6.45) is 0. The second kappa shape index (κ2) is 5.95. The van der Waals surface area contributed by atoms with Crippen LogP contribution in [0.3, 0.4) is 0 Å². The largest absolute Gasteiger partial charge is 0.389 e. The lowest BCUT2D eigenvalue weighted by molar-refractivity contribution is 0.217. The summed E-state index contributed by atoms with van der Waals surface area (Å²) in [6.45, 7) is 0.143. The van der Waals surface area contributed by atoms with Crippen LogP contribution in [0.4, 0.5) is 5.69 Å². The Morgan fingerprint density at radius 1 is 1.53 bits per heavy atom. The second-order valence-corrected chi connectivity index (χ2v) is 5.64. The third-order valence-electron chi connectivity index (χ3n) is 1.98. The van der Waals surface area contributed by atoms with E-state index in [2.05, 4.69) is 4.72 Å². The highest BCUT2D eigenvalue weighted by atomic mass is 32.2. The van der Waals surface area contributed by atoms with Gasteiger partial charge in [0.15, 0.2) is 0 Å². The van der Waals surface area contributed by atoms with Crippen LogP contribution in [0.2, 0.25) is 0 Å². The number of sulfonamides is 1. The maximum absolute atomic E-state index is 11.6. The van der Waals surface area contributed by atoms with Crippen LogP contribution in [0.1, 0.15) is 5.56 Å². The first-order valence-corrected chi connectivity index (χ1v) is 6.90. The number of hydrogen-bond donors (Lipinski definition) is 2. The summed E-state index contributed by atoms with van der Waals surface area (Å²) < 4.78 is 30.3. The van der Waals surface area contributed by atoms with Crippen LogP contribution in [-0.4, -0.2) is 32.9 Å². The zero-order chi connectivity index (χ0) is 12.9. The lowest BCUT2D eigenvalue weighted by Crippen LogP contribution is -2.20. The van der Waals surface area contributed by atoms with E-state index in [0.29, 0.717) is 11.3 Å². The van der Waals surface area contributed by atoms with Gasteiger partial charge in [-0.3, -0.25) is 4.72 Å². The lowest BCUT2D eigenvalue weighted by atomic mass is 10.2. The molecule has 0 saturated carbocycles. The summed E-state index contributed by atoms with van der Waals surface area (Å²) in [5, 5.41) is 0. The first-order chi connectivity index (χ1) is 7.94. The molecule has 0 fully saturated rings. The molecule has 7 heteroatoms. The Bertz CT molecular complexity index is 500. The van der Waals surface area contributed by atoms with Crippen molar-refractivity contribution in [3.8, 4) is 0 Å². The van der Waals surface area contributed by atoms with Crippen LogP contribution in [-0.2, 0) is 14.8 Å². The van der Waals surface area contributed by atoms with Gasteiger partial charge in [0.1, 0.15) is 4.99 Å². The van der Waals surface area contributed by atoms with Crippen molar-refractivity contribution in [2.75, 3.05) is 24.2 Å². The minimum atomic E-state index is -3.40. The molecule has 0 aliphatic rings. The minimum absolute atomic E-state index is 0.0964. The average molecular weight is 274 g/mol. The molecule has 3 N–H and O–H groups in total. The maximum atomic E-state index is 11.6. The number of anilines is 1. The molecule has 0 unspecified atom stereocenters. The average Bonchev–Trinajstić information content (AvgIpc) is 2.26. The summed E-state index contributed by atoms with van der Waals surface area (Å²) in [6, 6.07) is 6.62. The van der Waals surface area contributed by atoms with Gasteiger partial charge in [-0.2, -0.15) is 0 Å². The highest BCUT2D eigenvalue weighted by Gasteiger charge is 2.10. The van der Waals surface area contributed by atoms with E-state index >= 15 is 0 Å². The van der Waals surface area contributed by atoms with Crippen LogP contribution in [0.5, 0.6) is 0 Å². The first-order valence-electron chi connectivity index (χ1n) is 4.84. The molecule has 5 nitrogen and oxygen atoms in total. The third-order valence-corrected chi connectivity index (χ3v) is 3.46. The Labute approximate surface area is 106 Å². The zero-order valence-corrected chi connectivity index (χ0v) is 11.0. The van der Waals surface area contributed by atoms with Crippen LogP contribution >= 0.6 is 12.2 Å². The standard InChI is InChI=1S/C10H14N2O3S2/c1-15-5-6-17(13,14)12-9-4-2-3-8(7-9)10(11)16/h2-4,7,12H,5-6H2,1H3,(H2,11,16). The predicted molar refractivity (Wildman–Crippen MR) is 71.6 cm³/mol. The van der Waals surface area contributed by atoms with E-state index in [0.717, 1.165) is 0 Å². The van der Waals surface area contributed by atoms with Crippen molar-refractivity contribution in [1.82, 2.24) is 0 Å². The monoisotopic (exact) mass is 274 g/mol. The summed E-state index contributed by atoms with van der Waals surface area (Å²) in [7, 11) is -1.95. The molecule has 0 amide bonds. The van der Waals surface area contributed by atoms with Gasteiger partial charge < -0.3 is 10.5 Å². The molecule has 17 heavy (non-hydrogen) atoms. The van der Waals surface area contributed by atoms with Crippen molar-refractivity contribution in [2.24, 2.45) is 5.73 Å². The van der Waals surface area contributed by atoms with Crippen molar-refractivity contribution < 1.29 is 13.2 Å². The second-order valence-electron chi connectivity index (χ2n) is 3.36. The number of benzene rings is 1. The number of nitrogens with two attached hydrogens (primary N) is 1. The number of ether oxygens (including phenoxy) is 1. The molecule has 0 heterocycles. The fourth-order valence-corrected chi connectivity index (χ4v) is 2.26. The summed E-state index contributed by atoms with van der Waals surface area (Å²) >= 11 is 4.81. The predicted octanol–water partition coefficient (Wildman–Crippen LogP) is 0.709. The van der Waals surface area contributed by atoms with Gasteiger partial charge in [0, 0.05) is 18.4 Å². The Kier molecular flexibility index (Phi) is 4.86. The molecule has 0 bridgehead atoms. The van der Waals surface area contributed by atoms with Gasteiger partial charge in [-0.05, 0) is 12.1 Å². The van der Waals surface area contributed by atoms with Crippen molar-refractivity contribution >= 4 is 32.9 Å². The summed E-state index contributed by atoms with van der Waals surface area (Å²) in [5.41, 5.74) is 6.51. The van der Waals surface area contributed by atoms with Gasteiger partial charge in [-0.25, -0.2) is 8.42 Å². The lowest BCUT2D eigenvalue weighted by Gasteiger charge is -2.08. The molecular formula is C10H14N2O3S2. The van der Waals surface area contributed by atoms with Crippen LogP contribution in [0.25, 0.3) is 0 Å². The van der Waals surface area contributed by atoms with Gasteiger partial charge in [0.2, 0.25) is 10.0 Å². The highest BCUT2D eigenvalue weighted by Crippen LogP contribution is 2.12. The molecule has 0 spiro atoms. The summed E-state index contributed by atoms with van der Waals surface area (Å²) in [5.74, 6) is -0.0964. The third kappa shape index (κ3) is 4.68. The SMILES string of the molecule is COCCS(=O)(=O)Nc1cccc(C(N)=S)c1. The minimum Gasteiger partial charge on any atom is -0.389 e. The Morgan fingerprint density at radius 2 is 2.24 bits per heavy atom. The van der Waals surface area contributed by atoms with Gasteiger partial charge >= 0.3 is 0 Å². The molecule has 0 radical (unpaired) electrons. The molecule has 1 rings (SSSR count). The van der Waals surface area contributed by atoms with E-state index in [1.54, 1.807) is 24.3 Å². The summed E-state index contributed by atoms with van der Waals surface area (Å²) in [4.78, 5) is 0.225. The van der Waals surface area contributed by atoms with Crippen LogP contribution in [0, 0.1) is 0 Å². The molecule has 0 aliphatic carbocycles. The number of methoxy groups -OCH3 is 1. The molecule has 0 aliphatic heterocycles. The Morgan fingerprint density at radius 3 is 2.82 bits per heavy atom. The molecule has 0 saturated heterocycles. The molecule has 0 aromatic heterocycles. The van der Waals surface area contributed by atoms with E-state index in [1.165, 1.54) is 7.11 Å². The number of rotatable bonds is 6. The van der Waals surface area contributed by atoms with Gasteiger partial charge in [0.25, 0.3) is 0 Å². The maximum Gasteiger partial charge on any atom is 0.234 e. The van der Waals surface area contributed by atoms with Crippen molar-refractivity contribution in [3.05, 3.63) is 29.8 Å². The first kappa shape index (κ1) is 13.9. The van der Waals surface area contributed by atoms with Crippen molar-refractivity contribution in [2.45, 2.75) is 0 Å². The highest BCUT2D eigenvalue weighted by molar-refractivity contribution is 7.92. The van der Waals surface area contributed by atoms with Crippen LogP contribution < -0.4 is 10.5 Å². The van der Waals surface area contributed by atoms with Gasteiger partial charge in [-0.15, -0.1) is 0 Å².